The first-order chi connectivity index (χ1) is 13.2. The first-order valence-electron chi connectivity index (χ1n) is 9.85. The van der Waals surface area contributed by atoms with Crippen LogP contribution in [-0.4, -0.2) is 52.5 Å². The van der Waals surface area contributed by atoms with Crippen LogP contribution in [0.5, 0.6) is 5.75 Å². The Morgan fingerprint density at radius 1 is 1.33 bits per heavy atom. The number of hydrogen-bond acceptors (Lipinski definition) is 5. The fraction of sp³-hybridized carbons (Fsp3) is 0.524. The van der Waals surface area contributed by atoms with Crippen molar-refractivity contribution in [3.05, 3.63) is 47.8 Å². The molecule has 0 bridgehead atoms. The number of hydrogen-bond donors (Lipinski definition) is 0. The highest BCUT2D eigenvalue weighted by atomic mass is 16.5. The van der Waals surface area contributed by atoms with Gasteiger partial charge in [-0.3, -0.25) is 9.58 Å². The van der Waals surface area contributed by atoms with E-state index in [1.165, 1.54) is 5.56 Å². The molecule has 0 aliphatic carbocycles. The van der Waals surface area contributed by atoms with Gasteiger partial charge >= 0.3 is 5.97 Å². The molecule has 0 amide bonds. The second-order valence-corrected chi connectivity index (χ2v) is 7.41. The lowest BCUT2D eigenvalue weighted by Gasteiger charge is -2.38. The highest BCUT2D eigenvalue weighted by Gasteiger charge is 2.33. The van der Waals surface area contributed by atoms with Gasteiger partial charge in [0.25, 0.3) is 0 Å². The van der Waals surface area contributed by atoms with Crippen molar-refractivity contribution in [2.45, 2.75) is 51.3 Å². The number of benzene rings is 1. The van der Waals surface area contributed by atoms with Crippen molar-refractivity contribution in [1.82, 2.24) is 14.7 Å². The molecule has 3 heterocycles. The summed E-state index contributed by atoms with van der Waals surface area (Å²) >= 11 is 0. The van der Waals surface area contributed by atoms with Crippen LogP contribution in [0.3, 0.4) is 0 Å². The fourth-order valence-electron chi connectivity index (χ4n) is 4.13. The van der Waals surface area contributed by atoms with Gasteiger partial charge in [0.15, 0.2) is 0 Å². The van der Waals surface area contributed by atoms with Gasteiger partial charge in [0, 0.05) is 31.7 Å². The molecule has 0 N–H and O–H groups in total. The topological polar surface area (TPSA) is 56.6 Å². The van der Waals surface area contributed by atoms with E-state index in [1.54, 1.807) is 6.20 Å². The number of ether oxygens (including phenoxy) is 2. The van der Waals surface area contributed by atoms with Crippen molar-refractivity contribution in [1.29, 1.82) is 0 Å². The van der Waals surface area contributed by atoms with E-state index in [-0.39, 0.29) is 12.1 Å². The van der Waals surface area contributed by atoms with Crippen LogP contribution in [0, 0.1) is 0 Å². The predicted octanol–water partition coefficient (Wildman–Crippen LogP) is 3.09. The monoisotopic (exact) mass is 369 g/mol. The molecular formula is C21H27N3O3. The Kier molecular flexibility index (Phi) is 5.16. The van der Waals surface area contributed by atoms with Crippen LogP contribution in [0.4, 0.5) is 0 Å². The number of rotatable bonds is 5. The number of carbonyl (C=O) groups is 1. The zero-order valence-corrected chi connectivity index (χ0v) is 16.0. The normalized spacial score (nSPS) is 21.5. The van der Waals surface area contributed by atoms with Crippen LogP contribution >= 0.6 is 0 Å². The average Bonchev–Trinajstić information content (AvgIpc) is 3.35. The van der Waals surface area contributed by atoms with Gasteiger partial charge in [0.05, 0.1) is 24.4 Å². The molecule has 2 atom stereocenters. The summed E-state index contributed by atoms with van der Waals surface area (Å²) in [7, 11) is 0. The largest absolute Gasteiger partial charge is 0.488 e. The SMILES string of the molecule is CCOC(=O)c1cnn(C2CCN(C(C)C3Cc4ccccc4O3)CC2)c1. The van der Waals surface area contributed by atoms with Gasteiger partial charge in [0.2, 0.25) is 0 Å². The van der Waals surface area contributed by atoms with E-state index in [0.29, 0.717) is 24.3 Å². The second kappa shape index (κ2) is 7.72. The van der Waals surface area contributed by atoms with Crippen molar-refractivity contribution in [3.63, 3.8) is 0 Å². The Morgan fingerprint density at radius 2 is 2.11 bits per heavy atom. The van der Waals surface area contributed by atoms with Crippen LogP contribution in [-0.2, 0) is 11.2 Å². The van der Waals surface area contributed by atoms with Crippen LogP contribution in [0.15, 0.2) is 36.7 Å². The Labute approximate surface area is 160 Å². The molecule has 2 aliphatic heterocycles. The summed E-state index contributed by atoms with van der Waals surface area (Å²) in [4.78, 5) is 14.3. The van der Waals surface area contributed by atoms with Crippen molar-refractivity contribution in [2.75, 3.05) is 19.7 Å². The lowest BCUT2D eigenvalue weighted by Crippen LogP contribution is -2.47. The summed E-state index contributed by atoms with van der Waals surface area (Å²) < 4.78 is 13.1. The summed E-state index contributed by atoms with van der Waals surface area (Å²) in [6, 6.07) is 9.05. The molecule has 2 unspecified atom stereocenters. The van der Waals surface area contributed by atoms with Gasteiger partial charge in [-0.05, 0) is 38.3 Å². The van der Waals surface area contributed by atoms with E-state index in [0.717, 1.165) is 38.1 Å². The third kappa shape index (κ3) is 3.72. The molecule has 2 aliphatic rings. The Hall–Kier alpha value is -2.34. The number of likely N-dealkylation sites (tertiary alicyclic amines) is 1. The lowest BCUT2D eigenvalue weighted by molar-refractivity contribution is 0.0525. The molecule has 0 radical (unpaired) electrons. The van der Waals surface area contributed by atoms with Crippen LogP contribution in [0.2, 0.25) is 0 Å². The molecule has 144 valence electrons. The molecular weight excluding hydrogens is 342 g/mol. The number of piperidine rings is 1. The molecule has 2 aromatic rings. The van der Waals surface area contributed by atoms with Crippen LogP contribution in [0.1, 0.15) is 48.7 Å². The Bertz CT molecular complexity index is 770. The Balaban J connectivity index is 1.32. The third-order valence-corrected chi connectivity index (χ3v) is 5.77. The van der Waals surface area contributed by atoms with Gasteiger partial charge in [-0.1, -0.05) is 18.2 Å². The van der Waals surface area contributed by atoms with Crippen molar-refractivity contribution in [2.24, 2.45) is 0 Å². The summed E-state index contributed by atoms with van der Waals surface area (Å²) in [5.41, 5.74) is 1.84. The molecule has 4 rings (SSSR count). The second-order valence-electron chi connectivity index (χ2n) is 7.41. The standard InChI is InChI=1S/C21H27N3O3/c1-3-26-21(25)17-13-22-24(14-17)18-8-10-23(11-9-18)15(2)20-12-16-6-4-5-7-19(16)27-20/h4-7,13-15,18,20H,3,8-12H2,1-2H3. The van der Waals surface area contributed by atoms with E-state index >= 15 is 0 Å². The molecule has 1 fully saturated rings. The lowest BCUT2D eigenvalue weighted by atomic mass is 9.99. The van der Waals surface area contributed by atoms with E-state index in [2.05, 4.69) is 35.1 Å². The first-order valence-corrected chi connectivity index (χ1v) is 9.85. The van der Waals surface area contributed by atoms with Crippen molar-refractivity contribution in [3.8, 4) is 5.75 Å². The minimum atomic E-state index is -0.298. The molecule has 1 saturated heterocycles. The number of aromatic nitrogens is 2. The quantitative estimate of drug-likeness (QED) is 0.758. The van der Waals surface area contributed by atoms with Gasteiger partial charge in [-0.25, -0.2) is 4.79 Å². The summed E-state index contributed by atoms with van der Waals surface area (Å²) in [6.45, 7) is 6.48. The molecule has 1 aromatic carbocycles. The maximum Gasteiger partial charge on any atom is 0.341 e. The molecule has 6 heteroatoms. The molecule has 0 saturated carbocycles. The van der Waals surface area contributed by atoms with E-state index < -0.39 is 0 Å². The maximum absolute atomic E-state index is 11.8. The van der Waals surface area contributed by atoms with Gasteiger partial charge < -0.3 is 9.47 Å². The van der Waals surface area contributed by atoms with Gasteiger partial charge in [0.1, 0.15) is 11.9 Å². The number of fused-ring (bicyclic) bond motifs is 1. The van der Waals surface area contributed by atoms with Crippen molar-refractivity contribution < 1.29 is 14.3 Å². The zero-order chi connectivity index (χ0) is 18.8. The van der Waals surface area contributed by atoms with Crippen molar-refractivity contribution >= 4 is 5.97 Å². The average molecular weight is 369 g/mol. The molecule has 1 aromatic heterocycles. The number of carbonyl (C=O) groups excluding carboxylic acids is 1. The highest BCUT2D eigenvalue weighted by Crippen LogP contribution is 2.32. The zero-order valence-electron chi connectivity index (χ0n) is 16.0. The summed E-state index contributed by atoms with van der Waals surface area (Å²) in [5.74, 6) is 0.736. The van der Waals surface area contributed by atoms with E-state index in [1.807, 2.05) is 23.9 Å². The minimum Gasteiger partial charge on any atom is -0.488 e. The summed E-state index contributed by atoms with van der Waals surface area (Å²) in [6.07, 6.45) is 6.68. The predicted molar refractivity (Wildman–Crippen MR) is 102 cm³/mol. The van der Waals surface area contributed by atoms with E-state index in [4.69, 9.17) is 9.47 Å². The number of nitrogens with zero attached hydrogens (tertiary/aromatic N) is 3. The number of para-hydroxylation sites is 1. The smallest absolute Gasteiger partial charge is 0.341 e. The van der Waals surface area contributed by atoms with Gasteiger partial charge in [-0.2, -0.15) is 5.10 Å². The van der Waals surface area contributed by atoms with Crippen LogP contribution in [0.25, 0.3) is 0 Å². The number of esters is 1. The molecule has 6 nitrogen and oxygen atoms in total. The van der Waals surface area contributed by atoms with Crippen LogP contribution < -0.4 is 4.74 Å². The maximum atomic E-state index is 11.8. The fourth-order valence-corrected chi connectivity index (χ4v) is 4.13. The third-order valence-electron chi connectivity index (χ3n) is 5.77. The first kappa shape index (κ1) is 18.0. The minimum absolute atomic E-state index is 0.221. The molecule has 27 heavy (non-hydrogen) atoms. The highest BCUT2D eigenvalue weighted by molar-refractivity contribution is 5.88. The van der Waals surface area contributed by atoms with Gasteiger partial charge in [-0.15, -0.1) is 0 Å². The summed E-state index contributed by atoms with van der Waals surface area (Å²) in [5, 5.41) is 4.39. The van der Waals surface area contributed by atoms with E-state index in [9.17, 15) is 4.79 Å². The Morgan fingerprint density at radius 3 is 2.85 bits per heavy atom. The molecule has 0 spiro atoms.